The summed E-state index contributed by atoms with van der Waals surface area (Å²) < 4.78 is 5.99. The Morgan fingerprint density at radius 3 is 3.18 bits per heavy atom. The van der Waals surface area contributed by atoms with Gasteiger partial charge in [-0.2, -0.15) is 0 Å². The number of para-hydroxylation sites is 1. The van der Waals surface area contributed by atoms with Crippen LogP contribution in [-0.2, 0) is 16.0 Å². The van der Waals surface area contributed by atoms with Crippen molar-refractivity contribution in [1.82, 2.24) is 15.2 Å². The van der Waals surface area contributed by atoms with E-state index in [-0.39, 0.29) is 11.6 Å². The second-order valence-electron chi connectivity index (χ2n) is 8.84. The number of nitrogens with zero attached hydrogens (tertiary/aromatic N) is 1. The van der Waals surface area contributed by atoms with E-state index in [0.717, 1.165) is 32.4 Å². The van der Waals surface area contributed by atoms with Gasteiger partial charge in [-0.05, 0) is 49.6 Å². The molecule has 6 rings (SSSR count). The Balaban J connectivity index is 1.22. The number of carbonyl (C=O) groups excluding carboxylic acids is 1. The molecule has 4 aliphatic rings. The molecule has 1 aromatic heterocycles. The molecular weight excluding hydrogens is 350 g/mol. The Bertz CT molecular complexity index is 964. The van der Waals surface area contributed by atoms with Crippen molar-refractivity contribution in [1.29, 1.82) is 0 Å². The summed E-state index contributed by atoms with van der Waals surface area (Å²) in [6, 6.07) is 9.64. The number of hydrogen-bond acceptors (Lipinski definition) is 4. The molecule has 5 nitrogen and oxygen atoms in total. The van der Waals surface area contributed by atoms with Crippen molar-refractivity contribution in [3.05, 3.63) is 47.7 Å². The number of carbonyl (C=O) groups is 1. The van der Waals surface area contributed by atoms with Crippen LogP contribution in [0, 0.1) is 0 Å². The smallest absolute Gasteiger partial charge is 0.311 e. The van der Waals surface area contributed by atoms with E-state index < -0.39 is 0 Å². The van der Waals surface area contributed by atoms with Crippen LogP contribution in [0.15, 0.2) is 42.1 Å². The van der Waals surface area contributed by atoms with Crippen LogP contribution in [0.25, 0.3) is 10.9 Å². The Hall–Kier alpha value is -2.11. The van der Waals surface area contributed by atoms with Crippen LogP contribution in [-0.4, -0.2) is 52.7 Å². The Morgan fingerprint density at radius 2 is 2.21 bits per heavy atom. The van der Waals surface area contributed by atoms with Gasteiger partial charge in [0.05, 0.1) is 12.5 Å². The SMILES string of the molecule is O=C1CC2=C[C@H](NCCc3c[nH]c4ccccc34)C3C[C@@]2(O1)[C@H]1CCCCN31. The summed E-state index contributed by atoms with van der Waals surface area (Å²) in [4.78, 5) is 18.2. The van der Waals surface area contributed by atoms with Gasteiger partial charge in [-0.3, -0.25) is 9.69 Å². The van der Waals surface area contributed by atoms with Gasteiger partial charge in [0.2, 0.25) is 0 Å². The topological polar surface area (TPSA) is 57.4 Å². The lowest BCUT2D eigenvalue weighted by Crippen LogP contribution is -2.50. The maximum absolute atomic E-state index is 12.2. The maximum atomic E-state index is 12.2. The zero-order chi connectivity index (χ0) is 18.7. The third kappa shape index (κ3) is 2.36. The zero-order valence-electron chi connectivity index (χ0n) is 16.1. The molecular formula is C23H27N3O2. The van der Waals surface area contributed by atoms with Crippen LogP contribution in [0.4, 0.5) is 0 Å². The van der Waals surface area contributed by atoms with Gasteiger partial charge in [-0.1, -0.05) is 30.7 Å². The first-order chi connectivity index (χ1) is 13.7. The van der Waals surface area contributed by atoms with Crippen LogP contribution in [0.5, 0.6) is 0 Å². The van der Waals surface area contributed by atoms with Crippen molar-refractivity contribution in [3.63, 3.8) is 0 Å². The molecule has 2 N–H and O–H groups in total. The predicted octanol–water partition coefficient (Wildman–Crippen LogP) is 2.92. The Labute approximate surface area is 165 Å². The molecule has 4 heterocycles. The molecule has 2 aromatic rings. The quantitative estimate of drug-likeness (QED) is 0.635. The first-order valence-corrected chi connectivity index (χ1v) is 10.7. The van der Waals surface area contributed by atoms with E-state index in [2.05, 4.69) is 51.7 Å². The van der Waals surface area contributed by atoms with Crippen molar-refractivity contribution >= 4 is 16.9 Å². The van der Waals surface area contributed by atoms with E-state index in [4.69, 9.17) is 4.74 Å². The van der Waals surface area contributed by atoms with Gasteiger partial charge in [0.1, 0.15) is 0 Å². The number of rotatable bonds is 4. The van der Waals surface area contributed by atoms with Gasteiger partial charge in [0, 0.05) is 35.6 Å². The highest BCUT2D eigenvalue weighted by molar-refractivity contribution is 5.83. The van der Waals surface area contributed by atoms with Gasteiger partial charge in [-0.25, -0.2) is 0 Å². The third-order valence-corrected chi connectivity index (χ3v) is 7.44. The van der Waals surface area contributed by atoms with Crippen LogP contribution in [0.1, 0.15) is 37.7 Å². The fourth-order valence-corrected chi connectivity index (χ4v) is 6.25. The molecule has 2 bridgehead atoms. The molecule has 1 unspecified atom stereocenters. The molecule has 3 aliphatic heterocycles. The highest BCUT2D eigenvalue weighted by Gasteiger charge is 2.63. The predicted molar refractivity (Wildman–Crippen MR) is 108 cm³/mol. The van der Waals surface area contributed by atoms with E-state index in [1.165, 1.54) is 34.9 Å². The number of hydrogen-bond donors (Lipinski definition) is 2. The number of ether oxygens (including phenoxy) is 1. The summed E-state index contributed by atoms with van der Waals surface area (Å²) >= 11 is 0. The molecule has 4 atom stereocenters. The minimum absolute atomic E-state index is 0.0307. The lowest BCUT2D eigenvalue weighted by atomic mass is 9.78. The van der Waals surface area contributed by atoms with E-state index in [1.54, 1.807) is 0 Å². The number of H-pyrrole nitrogens is 1. The summed E-state index contributed by atoms with van der Waals surface area (Å²) in [6.07, 6.45) is 10.6. The highest BCUT2D eigenvalue weighted by Crippen LogP contribution is 2.53. The first kappa shape index (κ1) is 16.8. The molecule has 1 spiro atoms. The number of piperidine rings is 1. The van der Waals surface area contributed by atoms with Gasteiger partial charge >= 0.3 is 5.97 Å². The number of esters is 1. The third-order valence-electron chi connectivity index (χ3n) is 7.44. The molecule has 146 valence electrons. The van der Waals surface area contributed by atoms with E-state index >= 15 is 0 Å². The lowest BCUT2D eigenvalue weighted by Gasteiger charge is -2.37. The van der Waals surface area contributed by atoms with Gasteiger partial charge in [-0.15, -0.1) is 0 Å². The number of nitrogens with one attached hydrogen (secondary N) is 2. The summed E-state index contributed by atoms with van der Waals surface area (Å²) in [7, 11) is 0. The molecule has 0 amide bonds. The minimum atomic E-state index is -0.308. The van der Waals surface area contributed by atoms with Crippen molar-refractivity contribution in [2.45, 2.75) is 62.3 Å². The maximum Gasteiger partial charge on any atom is 0.311 e. The van der Waals surface area contributed by atoms with Crippen LogP contribution < -0.4 is 5.32 Å². The molecule has 0 saturated carbocycles. The largest absolute Gasteiger partial charge is 0.453 e. The van der Waals surface area contributed by atoms with Crippen molar-refractivity contribution < 1.29 is 9.53 Å². The number of aromatic amines is 1. The molecule has 28 heavy (non-hydrogen) atoms. The molecule has 0 radical (unpaired) electrons. The molecule has 1 aliphatic carbocycles. The average molecular weight is 377 g/mol. The highest BCUT2D eigenvalue weighted by atomic mass is 16.6. The molecule has 3 saturated heterocycles. The van der Waals surface area contributed by atoms with E-state index in [9.17, 15) is 4.79 Å². The van der Waals surface area contributed by atoms with E-state index in [1.807, 2.05) is 0 Å². The second-order valence-corrected chi connectivity index (χ2v) is 8.84. The van der Waals surface area contributed by atoms with E-state index in [0.29, 0.717) is 24.5 Å². The fraction of sp³-hybridized carbons (Fsp3) is 0.522. The minimum Gasteiger partial charge on any atom is -0.453 e. The molecule has 1 aromatic carbocycles. The summed E-state index contributed by atoms with van der Waals surface area (Å²) in [6.45, 7) is 2.07. The molecule has 5 heteroatoms. The number of benzene rings is 1. The number of fused-ring (bicyclic) bond motifs is 4. The summed E-state index contributed by atoms with van der Waals surface area (Å²) in [5.74, 6) is -0.0307. The van der Waals surface area contributed by atoms with Crippen LogP contribution >= 0.6 is 0 Å². The average Bonchev–Trinajstić information content (AvgIpc) is 3.36. The normalized spacial score (nSPS) is 34.2. The monoisotopic (exact) mass is 377 g/mol. The number of aromatic nitrogens is 1. The second kappa shape index (κ2) is 6.19. The Kier molecular flexibility index (Phi) is 3.72. The van der Waals surface area contributed by atoms with Gasteiger partial charge in [0.15, 0.2) is 5.60 Å². The summed E-state index contributed by atoms with van der Waals surface area (Å²) in [5, 5.41) is 5.13. The first-order valence-electron chi connectivity index (χ1n) is 10.7. The zero-order valence-corrected chi connectivity index (χ0v) is 16.1. The standard InChI is InChI=1S/C23H27N3O2/c27-22-12-16-11-19(20-13-23(16,28-22)21-7-3-4-10-26(20)21)24-9-8-15-14-25-18-6-2-1-5-17(15)18/h1-2,5-6,11,14,19-21,24-25H,3-4,7-10,12-13H2/t19-,20?,21+,23-/m0/s1. The van der Waals surface area contributed by atoms with Crippen molar-refractivity contribution in [3.8, 4) is 0 Å². The van der Waals surface area contributed by atoms with Crippen LogP contribution in [0.2, 0.25) is 0 Å². The summed E-state index contributed by atoms with van der Waals surface area (Å²) in [5.41, 5.74) is 3.50. The van der Waals surface area contributed by atoms with Gasteiger partial charge in [0.25, 0.3) is 0 Å². The van der Waals surface area contributed by atoms with Gasteiger partial charge < -0.3 is 15.0 Å². The van der Waals surface area contributed by atoms with Crippen molar-refractivity contribution in [2.75, 3.05) is 13.1 Å². The Morgan fingerprint density at radius 1 is 1.29 bits per heavy atom. The van der Waals surface area contributed by atoms with Crippen LogP contribution in [0.3, 0.4) is 0 Å². The van der Waals surface area contributed by atoms with Crippen molar-refractivity contribution in [2.24, 2.45) is 0 Å². The molecule has 3 fully saturated rings. The lowest BCUT2D eigenvalue weighted by molar-refractivity contribution is -0.149. The fourth-order valence-electron chi connectivity index (χ4n) is 6.25.